The third kappa shape index (κ3) is 2.42. The first kappa shape index (κ1) is 10.3. The number of aromatic nitrogens is 1. The van der Waals surface area contributed by atoms with Gasteiger partial charge in [-0.1, -0.05) is 12.1 Å². The number of thiazole rings is 1. The Kier molecular flexibility index (Phi) is 2.82. The Morgan fingerprint density at radius 3 is 2.73 bits per heavy atom. The molecule has 78 valence electrons. The van der Waals surface area contributed by atoms with Gasteiger partial charge >= 0.3 is 0 Å². The molecule has 0 aliphatic rings. The van der Waals surface area contributed by atoms with Crippen LogP contribution in [-0.4, -0.2) is 4.98 Å². The molecule has 0 unspecified atom stereocenters. The fraction of sp³-hybridized carbons (Fsp3) is 0.250. The molecule has 0 saturated heterocycles. The normalized spacial score (nSPS) is 10.6. The fourth-order valence-electron chi connectivity index (χ4n) is 1.48. The molecular weight excluding hydrogens is 209 g/mol. The summed E-state index contributed by atoms with van der Waals surface area (Å²) < 4.78 is 13.5. The van der Waals surface area contributed by atoms with Crippen molar-refractivity contribution in [2.45, 2.75) is 20.3 Å². The van der Waals surface area contributed by atoms with Crippen molar-refractivity contribution in [3.05, 3.63) is 51.2 Å². The molecule has 0 radical (unpaired) electrons. The van der Waals surface area contributed by atoms with E-state index in [1.165, 1.54) is 0 Å². The molecule has 15 heavy (non-hydrogen) atoms. The number of nitrogens with zero attached hydrogens (tertiary/aromatic N) is 1. The molecule has 1 aromatic carbocycles. The molecule has 0 bridgehead atoms. The van der Waals surface area contributed by atoms with Gasteiger partial charge in [-0.05, 0) is 31.0 Å². The minimum absolute atomic E-state index is 0.138. The lowest BCUT2D eigenvalue weighted by Crippen LogP contribution is -1.93. The maximum Gasteiger partial charge on any atom is 0.127 e. The maximum absolute atomic E-state index is 13.5. The summed E-state index contributed by atoms with van der Waals surface area (Å²) in [6, 6.07) is 5.32. The smallest absolute Gasteiger partial charge is 0.127 e. The van der Waals surface area contributed by atoms with Crippen LogP contribution in [0.5, 0.6) is 0 Å². The van der Waals surface area contributed by atoms with Crippen LogP contribution in [0.4, 0.5) is 4.39 Å². The van der Waals surface area contributed by atoms with Crippen molar-refractivity contribution in [1.29, 1.82) is 0 Å². The summed E-state index contributed by atoms with van der Waals surface area (Å²) in [5, 5.41) is 3.01. The van der Waals surface area contributed by atoms with E-state index in [1.54, 1.807) is 17.4 Å². The van der Waals surface area contributed by atoms with Gasteiger partial charge in [-0.15, -0.1) is 11.3 Å². The van der Waals surface area contributed by atoms with Gasteiger partial charge in [-0.2, -0.15) is 0 Å². The van der Waals surface area contributed by atoms with Crippen LogP contribution in [0.15, 0.2) is 23.6 Å². The van der Waals surface area contributed by atoms with Gasteiger partial charge in [0.05, 0.1) is 10.7 Å². The molecule has 1 aromatic heterocycles. The summed E-state index contributed by atoms with van der Waals surface area (Å²) in [7, 11) is 0. The molecule has 0 atom stereocenters. The van der Waals surface area contributed by atoms with Crippen molar-refractivity contribution in [2.24, 2.45) is 0 Å². The van der Waals surface area contributed by atoms with Gasteiger partial charge in [0.1, 0.15) is 5.82 Å². The van der Waals surface area contributed by atoms with Crippen LogP contribution in [0.1, 0.15) is 21.8 Å². The predicted molar refractivity (Wildman–Crippen MR) is 60.8 cm³/mol. The lowest BCUT2D eigenvalue weighted by Gasteiger charge is -2.01. The van der Waals surface area contributed by atoms with Crippen molar-refractivity contribution in [1.82, 2.24) is 4.98 Å². The van der Waals surface area contributed by atoms with Crippen LogP contribution in [0.25, 0.3) is 0 Å². The largest absolute Gasteiger partial charge is 0.246 e. The zero-order valence-corrected chi connectivity index (χ0v) is 9.57. The van der Waals surface area contributed by atoms with E-state index in [-0.39, 0.29) is 5.82 Å². The van der Waals surface area contributed by atoms with Gasteiger partial charge in [0, 0.05) is 11.8 Å². The number of hydrogen-bond donors (Lipinski definition) is 0. The Bertz CT molecular complexity index is 476. The summed E-state index contributed by atoms with van der Waals surface area (Å²) in [5.41, 5.74) is 2.61. The lowest BCUT2D eigenvalue weighted by molar-refractivity contribution is 0.612. The van der Waals surface area contributed by atoms with Crippen LogP contribution in [0, 0.1) is 19.7 Å². The summed E-state index contributed by atoms with van der Waals surface area (Å²) in [5.74, 6) is -0.138. The summed E-state index contributed by atoms with van der Waals surface area (Å²) >= 11 is 1.60. The SMILES string of the molecule is Cc1ccc(Cc2csc(C)n2)c(F)c1. The predicted octanol–water partition coefficient (Wildman–Crippen LogP) is 3.49. The molecule has 0 aliphatic carbocycles. The lowest BCUT2D eigenvalue weighted by atomic mass is 10.1. The average molecular weight is 221 g/mol. The van der Waals surface area contributed by atoms with Crippen LogP contribution in [0.2, 0.25) is 0 Å². The summed E-state index contributed by atoms with van der Waals surface area (Å²) in [6.45, 7) is 3.85. The van der Waals surface area contributed by atoms with Crippen molar-refractivity contribution in [3.8, 4) is 0 Å². The van der Waals surface area contributed by atoms with Crippen molar-refractivity contribution in [2.75, 3.05) is 0 Å². The van der Waals surface area contributed by atoms with Crippen LogP contribution in [-0.2, 0) is 6.42 Å². The Morgan fingerprint density at radius 2 is 2.13 bits per heavy atom. The van der Waals surface area contributed by atoms with E-state index in [2.05, 4.69) is 4.98 Å². The van der Waals surface area contributed by atoms with Gasteiger partial charge in [-0.3, -0.25) is 0 Å². The molecule has 3 heteroatoms. The molecule has 0 N–H and O–H groups in total. The first-order valence-corrected chi connectivity index (χ1v) is 5.69. The van der Waals surface area contributed by atoms with E-state index >= 15 is 0 Å². The van der Waals surface area contributed by atoms with E-state index in [4.69, 9.17) is 0 Å². The topological polar surface area (TPSA) is 12.9 Å². The average Bonchev–Trinajstić information content (AvgIpc) is 2.56. The second kappa shape index (κ2) is 4.11. The number of hydrogen-bond acceptors (Lipinski definition) is 2. The first-order valence-electron chi connectivity index (χ1n) is 4.81. The zero-order valence-electron chi connectivity index (χ0n) is 8.75. The molecule has 0 amide bonds. The Labute approximate surface area is 92.6 Å². The number of halogens is 1. The third-order valence-electron chi connectivity index (χ3n) is 2.25. The number of aryl methyl sites for hydroxylation is 2. The van der Waals surface area contributed by atoms with Gasteiger partial charge in [0.25, 0.3) is 0 Å². The highest BCUT2D eigenvalue weighted by atomic mass is 32.1. The van der Waals surface area contributed by atoms with Crippen molar-refractivity contribution >= 4 is 11.3 Å². The van der Waals surface area contributed by atoms with Gasteiger partial charge in [-0.25, -0.2) is 9.37 Å². The summed E-state index contributed by atoms with van der Waals surface area (Å²) in [4.78, 5) is 4.32. The molecule has 0 fully saturated rings. The highest BCUT2D eigenvalue weighted by Crippen LogP contribution is 2.16. The molecule has 1 nitrogen and oxygen atoms in total. The maximum atomic E-state index is 13.5. The van der Waals surface area contributed by atoms with E-state index in [0.717, 1.165) is 16.3 Å². The minimum atomic E-state index is -0.138. The number of benzene rings is 1. The van der Waals surface area contributed by atoms with E-state index in [9.17, 15) is 4.39 Å². The highest BCUT2D eigenvalue weighted by Gasteiger charge is 2.05. The monoisotopic (exact) mass is 221 g/mol. The molecule has 0 aliphatic heterocycles. The highest BCUT2D eigenvalue weighted by molar-refractivity contribution is 7.09. The van der Waals surface area contributed by atoms with Crippen molar-refractivity contribution < 1.29 is 4.39 Å². The standard InChI is InChI=1S/C12H12FNS/c1-8-3-4-10(12(13)5-8)6-11-7-15-9(2)14-11/h3-5,7H,6H2,1-2H3. The Morgan fingerprint density at radius 1 is 1.33 bits per heavy atom. The van der Waals surface area contributed by atoms with E-state index in [0.29, 0.717) is 12.0 Å². The number of rotatable bonds is 2. The van der Waals surface area contributed by atoms with Gasteiger partial charge in [0.15, 0.2) is 0 Å². The quantitative estimate of drug-likeness (QED) is 0.756. The molecule has 0 saturated carbocycles. The second-order valence-corrected chi connectivity index (χ2v) is 4.69. The third-order valence-corrected chi connectivity index (χ3v) is 3.07. The molecule has 1 heterocycles. The fourth-order valence-corrected chi connectivity index (χ4v) is 2.09. The zero-order chi connectivity index (χ0) is 10.8. The Hall–Kier alpha value is -1.22. The molecular formula is C12H12FNS. The van der Waals surface area contributed by atoms with Crippen LogP contribution in [0.3, 0.4) is 0 Å². The van der Waals surface area contributed by atoms with Crippen LogP contribution >= 0.6 is 11.3 Å². The first-order chi connectivity index (χ1) is 7.15. The van der Waals surface area contributed by atoms with Crippen LogP contribution < -0.4 is 0 Å². The molecule has 2 rings (SSSR count). The van der Waals surface area contributed by atoms with Gasteiger partial charge < -0.3 is 0 Å². The van der Waals surface area contributed by atoms with Gasteiger partial charge in [0.2, 0.25) is 0 Å². The Balaban J connectivity index is 2.24. The minimum Gasteiger partial charge on any atom is -0.246 e. The molecule has 0 spiro atoms. The van der Waals surface area contributed by atoms with E-state index < -0.39 is 0 Å². The molecule has 2 aromatic rings. The van der Waals surface area contributed by atoms with E-state index in [1.807, 2.05) is 31.4 Å². The van der Waals surface area contributed by atoms with Crippen molar-refractivity contribution in [3.63, 3.8) is 0 Å². The summed E-state index contributed by atoms with van der Waals surface area (Å²) in [6.07, 6.45) is 0.580. The second-order valence-electron chi connectivity index (χ2n) is 3.63.